The number of methoxy groups -OCH3 is 1. The van der Waals surface area contributed by atoms with Crippen LogP contribution in [0.25, 0.3) is 0 Å². The van der Waals surface area contributed by atoms with Crippen LogP contribution in [0.4, 0.5) is 0 Å². The number of rotatable bonds is 6. The molecule has 0 radical (unpaired) electrons. The third kappa shape index (κ3) is 4.33. The van der Waals surface area contributed by atoms with Crippen LogP contribution in [-0.2, 0) is 19.9 Å². The molecule has 0 spiro atoms. The molecule has 0 saturated heterocycles. The lowest BCUT2D eigenvalue weighted by molar-refractivity contribution is -0.139. The zero-order valence-corrected chi connectivity index (χ0v) is 13.0. The van der Waals surface area contributed by atoms with Gasteiger partial charge in [0, 0.05) is 13.7 Å². The number of ether oxygens (including phenoxy) is 3. The molecule has 1 heterocycles. The Morgan fingerprint density at radius 1 is 1.26 bits per heavy atom. The van der Waals surface area contributed by atoms with Crippen LogP contribution in [0.2, 0.25) is 0 Å². The Bertz CT molecular complexity index is 587. The van der Waals surface area contributed by atoms with E-state index in [1.165, 1.54) is 14.0 Å². The molecular formula is C15H20N2O6. The quantitative estimate of drug-likeness (QED) is 0.481. The number of carbonyl (C=O) groups is 2. The van der Waals surface area contributed by atoms with Crippen LogP contribution in [0.15, 0.2) is 18.2 Å². The molecule has 0 fully saturated rings. The van der Waals surface area contributed by atoms with Crippen molar-refractivity contribution < 1.29 is 28.9 Å². The molecule has 3 N–H and O–H groups in total. The molecule has 126 valence electrons. The van der Waals surface area contributed by atoms with Crippen LogP contribution in [0.1, 0.15) is 12.5 Å². The minimum atomic E-state index is -1.36. The molecule has 8 heteroatoms. The molecule has 1 aromatic rings. The lowest BCUT2D eigenvalue weighted by Crippen LogP contribution is -2.45. The van der Waals surface area contributed by atoms with Gasteiger partial charge in [0.1, 0.15) is 5.60 Å². The van der Waals surface area contributed by atoms with E-state index in [2.05, 4.69) is 10.6 Å². The van der Waals surface area contributed by atoms with Gasteiger partial charge < -0.3 is 30.0 Å². The molecule has 0 aliphatic carbocycles. The largest absolute Gasteiger partial charge is 0.454 e. The second kappa shape index (κ2) is 7.30. The lowest BCUT2D eigenvalue weighted by atomic mass is 9.95. The summed E-state index contributed by atoms with van der Waals surface area (Å²) in [6, 6.07) is 5.01. The number of fused-ring (bicyclic) bond motifs is 1. The first-order chi connectivity index (χ1) is 10.9. The van der Waals surface area contributed by atoms with Crippen LogP contribution in [0, 0.1) is 0 Å². The fourth-order valence-electron chi connectivity index (χ4n) is 2.01. The van der Waals surface area contributed by atoms with E-state index in [0.29, 0.717) is 23.7 Å². The summed E-state index contributed by atoms with van der Waals surface area (Å²) in [4.78, 5) is 23.2. The van der Waals surface area contributed by atoms with Crippen molar-refractivity contribution in [2.24, 2.45) is 0 Å². The van der Waals surface area contributed by atoms with E-state index in [-0.39, 0.29) is 19.9 Å². The van der Waals surface area contributed by atoms with E-state index < -0.39 is 17.4 Å². The van der Waals surface area contributed by atoms with Crippen molar-refractivity contribution in [3.05, 3.63) is 23.8 Å². The summed E-state index contributed by atoms with van der Waals surface area (Å²) < 4.78 is 15.2. The van der Waals surface area contributed by atoms with Crippen molar-refractivity contribution in [1.29, 1.82) is 0 Å². The highest BCUT2D eigenvalue weighted by molar-refractivity contribution is 6.35. The molecule has 1 atom stereocenters. The van der Waals surface area contributed by atoms with Gasteiger partial charge in [-0.3, -0.25) is 9.59 Å². The molecule has 23 heavy (non-hydrogen) atoms. The van der Waals surface area contributed by atoms with Gasteiger partial charge >= 0.3 is 11.8 Å². The number of benzene rings is 1. The molecule has 2 rings (SSSR count). The summed E-state index contributed by atoms with van der Waals surface area (Å²) in [6.45, 7) is 2.10. The average Bonchev–Trinajstić information content (AvgIpc) is 3.00. The Morgan fingerprint density at radius 2 is 1.96 bits per heavy atom. The zero-order valence-electron chi connectivity index (χ0n) is 13.0. The van der Waals surface area contributed by atoms with Crippen LogP contribution >= 0.6 is 0 Å². The average molecular weight is 324 g/mol. The molecule has 1 aliphatic heterocycles. The minimum absolute atomic E-state index is 0.122. The number of hydrogen-bond donors (Lipinski definition) is 3. The van der Waals surface area contributed by atoms with Crippen LogP contribution < -0.4 is 20.1 Å². The summed E-state index contributed by atoms with van der Waals surface area (Å²) in [5.74, 6) is -0.455. The predicted octanol–water partition coefficient (Wildman–Crippen LogP) is -0.498. The number of nitrogens with one attached hydrogen (secondary N) is 2. The summed E-state index contributed by atoms with van der Waals surface area (Å²) in [7, 11) is 1.49. The third-order valence-electron chi connectivity index (χ3n) is 3.39. The van der Waals surface area contributed by atoms with Gasteiger partial charge in [0.05, 0.1) is 13.2 Å². The number of amides is 2. The molecule has 1 unspecified atom stereocenters. The topological polar surface area (TPSA) is 106 Å². The second-order valence-electron chi connectivity index (χ2n) is 5.27. The highest BCUT2D eigenvalue weighted by atomic mass is 16.7. The van der Waals surface area contributed by atoms with Crippen molar-refractivity contribution in [2.75, 3.05) is 33.6 Å². The van der Waals surface area contributed by atoms with Crippen molar-refractivity contribution in [1.82, 2.24) is 10.6 Å². The van der Waals surface area contributed by atoms with Crippen molar-refractivity contribution >= 4 is 11.8 Å². The predicted molar refractivity (Wildman–Crippen MR) is 80.0 cm³/mol. The van der Waals surface area contributed by atoms with E-state index in [0.717, 1.165) is 0 Å². The first-order valence-corrected chi connectivity index (χ1v) is 7.11. The fraction of sp³-hybridized carbons (Fsp3) is 0.467. The SMILES string of the molecule is COCCNC(=O)C(=O)NCC(C)(O)c1ccc2c(c1)OCO2. The maximum Gasteiger partial charge on any atom is 0.309 e. The van der Waals surface area contributed by atoms with Crippen LogP contribution in [-0.4, -0.2) is 50.5 Å². The molecule has 0 bridgehead atoms. The Hall–Kier alpha value is -2.32. The van der Waals surface area contributed by atoms with Crippen molar-refractivity contribution in [3.8, 4) is 11.5 Å². The van der Waals surface area contributed by atoms with E-state index in [1.807, 2.05) is 0 Å². The summed E-state index contributed by atoms with van der Waals surface area (Å²) in [5, 5.41) is 15.3. The Labute approximate surface area is 133 Å². The van der Waals surface area contributed by atoms with Gasteiger partial charge in [0.25, 0.3) is 0 Å². The fourth-order valence-corrected chi connectivity index (χ4v) is 2.01. The molecule has 2 amide bonds. The monoisotopic (exact) mass is 324 g/mol. The summed E-state index contributed by atoms with van der Waals surface area (Å²) >= 11 is 0. The molecule has 1 aliphatic rings. The third-order valence-corrected chi connectivity index (χ3v) is 3.39. The first-order valence-electron chi connectivity index (χ1n) is 7.11. The second-order valence-corrected chi connectivity index (χ2v) is 5.27. The molecule has 0 aromatic heterocycles. The molecule has 1 aromatic carbocycles. The van der Waals surface area contributed by atoms with E-state index in [1.54, 1.807) is 18.2 Å². The first kappa shape index (κ1) is 17.0. The maximum absolute atomic E-state index is 11.7. The summed E-state index contributed by atoms with van der Waals surface area (Å²) in [6.07, 6.45) is 0. The Kier molecular flexibility index (Phi) is 5.41. The molecular weight excluding hydrogens is 304 g/mol. The van der Waals surface area contributed by atoms with E-state index in [4.69, 9.17) is 14.2 Å². The number of carbonyl (C=O) groups excluding carboxylic acids is 2. The van der Waals surface area contributed by atoms with Gasteiger partial charge in [-0.2, -0.15) is 0 Å². The lowest BCUT2D eigenvalue weighted by Gasteiger charge is -2.24. The highest BCUT2D eigenvalue weighted by Crippen LogP contribution is 2.35. The van der Waals surface area contributed by atoms with Gasteiger partial charge in [-0.25, -0.2) is 0 Å². The van der Waals surface area contributed by atoms with Crippen LogP contribution in [0.3, 0.4) is 0 Å². The van der Waals surface area contributed by atoms with E-state index in [9.17, 15) is 14.7 Å². The van der Waals surface area contributed by atoms with Gasteiger partial charge in [-0.05, 0) is 24.6 Å². The van der Waals surface area contributed by atoms with Gasteiger partial charge in [-0.15, -0.1) is 0 Å². The number of aliphatic hydroxyl groups is 1. The van der Waals surface area contributed by atoms with E-state index >= 15 is 0 Å². The smallest absolute Gasteiger partial charge is 0.309 e. The maximum atomic E-state index is 11.7. The van der Waals surface area contributed by atoms with Crippen LogP contribution in [0.5, 0.6) is 11.5 Å². The van der Waals surface area contributed by atoms with Crippen molar-refractivity contribution in [3.63, 3.8) is 0 Å². The molecule has 8 nitrogen and oxygen atoms in total. The van der Waals surface area contributed by atoms with Gasteiger partial charge in [0.2, 0.25) is 6.79 Å². The van der Waals surface area contributed by atoms with Crippen molar-refractivity contribution in [2.45, 2.75) is 12.5 Å². The standard InChI is InChI=1S/C15H20N2O6/c1-15(20,8-17-14(19)13(18)16-5-6-21-2)10-3-4-11-12(7-10)23-9-22-11/h3-4,7,20H,5-6,8-9H2,1-2H3,(H,16,18)(H,17,19). The highest BCUT2D eigenvalue weighted by Gasteiger charge is 2.27. The Morgan fingerprint density at radius 3 is 2.70 bits per heavy atom. The summed E-state index contributed by atoms with van der Waals surface area (Å²) in [5.41, 5.74) is -0.814. The Balaban J connectivity index is 1.90. The van der Waals surface area contributed by atoms with Gasteiger partial charge in [-0.1, -0.05) is 6.07 Å². The van der Waals surface area contributed by atoms with Gasteiger partial charge in [0.15, 0.2) is 11.5 Å². The number of hydrogen-bond acceptors (Lipinski definition) is 6. The minimum Gasteiger partial charge on any atom is -0.454 e. The normalized spacial score (nSPS) is 14.9. The zero-order chi connectivity index (χ0) is 16.9. The molecule has 0 saturated carbocycles.